The van der Waals surface area contributed by atoms with Crippen molar-refractivity contribution in [3.8, 4) is 11.5 Å². The van der Waals surface area contributed by atoms with E-state index in [9.17, 15) is 9.59 Å². The van der Waals surface area contributed by atoms with Gasteiger partial charge in [-0.2, -0.15) is 9.61 Å². The molecule has 0 spiro atoms. The number of hydrogen-bond donors (Lipinski definition) is 0. The van der Waals surface area contributed by atoms with Gasteiger partial charge < -0.3 is 14.2 Å². The highest BCUT2D eigenvalue weighted by Gasteiger charge is 2.17. The maximum Gasteiger partial charge on any atom is 0.331 e. The predicted octanol–water partition coefficient (Wildman–Crippen LogP) is 2.60. The Morgan fingerprint density at radius 3 is 3.11 bits per heavy atom. The van der Waals surface area contributed by atoms with E-state index in [2.05, 4.69) is 10.1 Å². The second kappa shape index (κ2) is 7.01. The summed E-state index contributed by atoms with van der Waals surface area (Å²) < 4.78 is 16.9. The van der Waals surface area contributed by atoms with Crippen LogP contribution < -0.4 is 15.0 Å². The SMILES string of the molecule is Cc1cc(=O)n2nc(COC(=O)/C=C/c3cc(Cl)c4c(c3)OCO4)sc2n1. The standard InChI is InChI=1S/C17H12ClN3O5S/c1-9-4-14(22)21-17(19-9)27-13(20-21)7-24-15(23)3-2-10-5-11(18)16-12(6-10)25-8-26-16/h2-6H,7-8H2,1H3/b3-2+. The summed E-state index contributed by atoms with van der Waals surface area (Å²) in [6.07, 6.45) is 2.83. The Morgan fingerprint density at radius 1 is 1.41 bits per heavy atom. The summed E-state index contributed by atoms with van der Waals surface area (Å²) >= 11 is 7.29. The Hall–Kier alpha value is -2.91. The van der Waals surface area contributed by atoms with E-state index < -0.39 is 5.97 Å². The van der Waals surface area contributed by atoms with Crippen molar-refractivity contribution in [2.75, 3.05) is 6.79 Å². The number of hydrogen-bond acceptors (Lipinski definition) is 8. The van der Waals surface area contributed by atoms with Gasteiger partial charge in [-0.3, -0.25) is 4.79 Å². The van der Waals surface area contributed by atoms with Gasteiger partial charge in [-0.05, 0) is 30.7 Å². The van der Waals surface area contributed by atoms with Crippen LogP contribution in [0.5, 0.6) is 11.5 Å². The van der Waals surface area contributed by atoms with Crippen molar-refractivity contribution in [3.63, 3.8) is 0 Å². The molecule has 0 atom stereocenters. The average Bonchev–Trinajstić information content (AvgIpc) is 3.25. The Balaban J connectivity index is 1.43. The number of benzene rings is 1. The zero-order valence-corrected chi connectivity index (χ0v) is 15.5. The molecule has 0 fully saturated rings. The molecule has 3 aromatic rings. The first kappa shape index (κ1) is 17.5. The molecule has 8 nitrogen and oxygen atoms in total. The molecule has 4 rings (SSSR count). The maximum atomic E-state index is 11.9. The average molecular weight is 406 g/mol. The van der Waals surface area contributed by atoms with Crippen molar-refractivity contribution >= 4 is 39.9 Å². The molecule has 27 heavy (non-hydrogen) atoms. The number of esters is 1. The summed E-state index contributed by atoms with van der Waals surface area (Å²) in [6, 6.07) is 4.76. The lowest BCUT2D eigenvalue weighted by Crippen LogP contribution is -2.14. The molecule has 0 N–H and O–H groups in total. The van der Waals surface area contributed by atoms with Gasteiger partial charge in [-0.15, -0.1) is 0 Å². The third-order valence-corrected chi connectivity index (χ3v) is 4.78. The molecule has 0 bridgehead atoms. The van der Waals surface area contributed by atoms with Gasteiger partial charge in [-0.1, -0.05) is 22.9 Å². The van der Waals surface area contributed by atoms with Crippen LogP contribution in [-0.4, -0.2) is 27.4 Å². The molecular formula is C17H12ClN3O5S. The topological polar surface area (TPSA) is 92.0 Å². The number of nitrogens with zero attached hydrogens (tertiary/aromatic N) is 3. The first-order valence-electron chi connectivity index (χ1n) is 7.80. The first-order chi connectivity index (χ1) is 13.0. The van der Waals surface area contributed by atoms with E-state index in [1.165, 1.54) is 28.0 Å². The minimum Gasteiger partial charge on any atom is -0.455 e. The quantitative estimate of drug-likeness (QED) is 0.486. The fourth-order valence-corrected chi connectivity index (χ4v) is 3.58. The van der Waals surface area contributed by atoms with Crippen molar-refractivity contribution in [2.24, 2.45) is 0 Å². The van der Waals surface area contributed by atoms with Crippen molar-refractivity contribution < 1.29 is 19.0 Å². The Bertz CT molecular complexity index is 1140. The van der Waals surface area contributed by atoms with Crippen LogP contribution in [0.2, 0.25) is 5.02 Å². The van der Waals surface area contributed by atoms with Crippen LogP contribution in [0.3, 0.4) is 0 Å². The summed E-state index contributed by atoms with van der Waals surface area (Å²) in [5.41, 5.74) is 1.01. The van der Waals surface area contributed by atoms with Gasteiger partial charge in [0.15, 0.2) is 16.5 Å². The summed E-state index contributed by atoms with van der Waals surface area (Å²) in [5.74, 6) is 0.462. The molecule has 3 heterocycles. The zero-order valence-electron chi connectivity index (χ0n) is 14.0. The molecule has 0 saturated heterocycles. The van der Waals surface area contributed by atoms with Crippen LogP contribution in [0, 0.1) is 6.92 Å². The predicted molar refractivity (Wildman–Crippen MR) is 98.3 cm³/mol. The molecule has 1 aromatic carbocycles. The summed E-state index contributed by atoms with van der Waals surface area (Å²) in [6.45, 7) is 1.79. The van der Waals surface area contributed by atoms with E-state index in [1.807, 2.05) is 0 Å². The van der Waals surface area contributed by atoms with E-state index in [4.69, 9.17) is 25.8 Å². The number of carbonyl (C=O) groups is 1. The molecule has 0 radical (unpaired) electrons. The van der Waals surface area contributed by atoms with E-state index in [-0.39, 0.29) is 19.0 Å². The van der Waals surface area contributed by atoms with E-state index in [0.717, 1.165) is 0 Å². The number of aryl methyl sites for hydroxylation is 1. The fourth-order valence-electron chi connectivity index (χ4n) is 2.45. The lowest BCUT2D eigenvalue weighted by molar-refractivity contribution is -0.138. The monoisotopic (exact) mass is 405 g/mol. The van der Waals surface area contributed by atoms with Crippen molar-refractivity contribution in [1.29, 1.82) is 0 Å². The Labute approximate surface area is 161 Å². The van der Waals surface area contributed by atoms with Crippen LogP contribution in [0.1, 0.15) is 16.3 Å². The van der Waals surface area contributed by atoms with Gasteiger partial charge in [0.25, 0.3) is 5.56 Å². The summed E-state index contributed by atoms with van der Waals surface area (Å²) in [4.78, 5) is 28.5. The number of fused-ring (bicyclic) bond motifs is 2. The number of halogens is 1. The smallest absolute Gasteiger partial charge is 0.331 e. The largest absolute Gasteiger partial charge is 0.455 e. The lowest BCUT2D eigenvalue weighted by Gasteiger charge is -2.01. The molecule has 2 aromatic heterocycles. The van der Waals surface area contributed by atoms with Gasteiger partial charge in [0, 0.05) is 17.8 Å². The molecule has 10 heteroatoms. The highest BCUT2D eigenvalue weighted by molar-refractivity contribution is 7.16. The van der Waals surface area contributed by atoms with Crippen LogP contribution in [0.25, 0.3) is 11.0 Å². The Kier molecular flexibility index (Phi) is 4.54. The lowest BCUT2D eigenvalue weighted by atomic mass is 10.2. The molecule has 0 amide bonds. The molecule has 0 aliphatic carbocycles. The van der Waals surface area contributed by atoms with Gasteiger partial charge >= 0.3 is 5.97 Å². The third kappa shape index (κ3) is 3.64. The maximum absolute atomic E-state index is 11.9. The second-order valence-electron chi connectivity index (χ2n) is 5.60. The fraction of sp³-hybridized carbons (Fsp3) is 0.176. The van der Waals surface area contributed by atoms with Gasteiger partial charge in [0.1, 0.15) is 6.61 Å². The summed E-state index contributed by atoms with van der Waals surface area (Å²) in [5, 5.41) is 4.98. The third-order valence-electron chi connectivity index (χ3n) is 3.61. The number of rotatable bonds is 4. The van der Waals surface area contributed by atoms with Crippen molar-refractivity contribution in [3.05, 3.63) is 55.9 Å². The Morgan fingerprint density at radius 2 is 2.26 bits per heavy atom. The van der Waals surface area contributed by atoms with E-state index in [1.54, 1.807) is 25.1 Å². The molecule has 1 aliphatic rings. The van der Waals surface area contributed by atoms with Crippen LogP contribution >= 0.6 is 22.9 Å². The van der Waals surface area contributed by atoms with Crippen LogP contribution in [0.15, 0.2) is 29.1 Å². The molecule has 0 unspecified atom stereocenters. The van der Waals surface area contributed by atoms with Crippen LogP contribution in [0.4, 0.5) is 0 Å². The van der Waals surface area contributed by atoms with Gasteiger partial charge in [0.05, 0.1) is 5.02 Å². The van der Waals surface area contributed by atoms with Gasteiger partial charge in [-0.25, -0.2) is 9.78 Å². The number of ether oxygens (including phenoxy) is 3. The highest BCUT2D eigenvalue weighted by atomic mass is 35.5. The normalized spacial score (nSPS) is 12.8. The summed E-state index contributed by atoms with van der Waals surface area (Å²) in [7, 11) is 0. The van der Waals surface area contributed by atoms with E-state index >= 15 is 0 Å². The molecule has 1 aliphatic heterocycles. The van der Waals surface area contributed by atoms with E-state index in [0.29, 0.717) is 37.7 Å². The highest BCUT2D eigenvalue weighted by Crippen LogP contribution is 2.40. The molecular weight excluding hydrogens is 394 g/mol. The van der Waals surface area contributed by atoms with Crippen molar-refractivity contribution in [2.45, 2.75) is 13.5 Å². The van der Waals surface area contributed by atoms with Crippen LogP contribution in [-0.2, 0) is 16.1 Å². The second-order valence-corrected chi connectivity index (χ2v) is 7.05. The minimum absolute atomic E-state index is 0.0580. The number of carbonyl (C=O) groups excluding carboxylic acids is 1. The first-order valence-corrected chi connectivity index (χ1v) is 8.99. The number of aromatic nitrogens is 3. The molecule has 0 saturated carbocycles. The zero-order chi connectivity index (χ0) is 19.0. The minimum atomic E-state index is -0.556. The van der Waals surface area contributed by atoms with Crippen molar-refractivity contribution in [1.82, 2.24) is 14.6 Å². The molecule has 138 valence electrons. The van der Waals surface area contributed by atoms with Gasteiger partial charge in [0.2, 0.25) is 11.8 Å².